The first-order chi connectivity index (χ1) is 11.0. The number of esters is 1. The molecule has 0 aromatic heterocycles. The van der Waals surface area contributed by atoms with Crippen molar-refractivity contribution in [3.05, 3.63) is 39.5 Å². The average molecular weight is 380 g/mol. The lowest BCUT2D eigenvalue weighted by atomic mass is 10.1. The molecule has 1 aromatic rings. The van der Waals surface area contributed by atoms with Crippen molar-refractivity contribution in [2.24, 2.45) is 0 Å². The summed E-state index contributed by atoms with van der Waals surface area (Å²) in [5.74, 6) is -1.06. The first-order valence-electron chi connectivity index (χ1n) is 6.70. The summed E-state index contributed by atoms with van der Waals surface area (Å²) in [6, 6.07) is 6.96. The number of ether oxygens (including phenoxy) is 1. The van der Waals surface area contributed by atoms with Crippen molar-refractivity contribution in [1.82, 2.24) is 4.90 Å². The minimum Gasteiger partial charge on any atom is -0.466 e. The maximum absolute atomic E-state index is 12.4. The van der Waals surface area contributed by atoms with Gasteiger partial charge in [0.25, 0.3) is 5.91 Å². The molecule has 2 N–H and O–H groups in total. The fourth-order valence-electron chi connectivity index (χ4n) is 2.20. The number of hydrogen-bond acceptors (Lipinski definition) is 6. The second-order valence-electron chi connectivity index (χ2n) is 4.72. The summed E-state index contributed by atoms with van der Waals surface area (Å²) < 4.78 is 5.42. The first-order valence-corrected chi connectivity index (χ1v) is 7.49. The smallest absolute Gasteiger partial charge is 0.337 e. The highest BCUT2D eigenvalue weighted by Gasteiger charge is 2.34. The zero-order chi connectivity index (χ0) is 17.0. The number of rotatable bonds is 5. The molecule has 0 radical (unpaired) electrons. The molecule has 0 unspecified atom stereocenters. The van der Waals surface area contributed by atoms with Gasteiger partial charge in [-0.15, -0.1) is 0 Å². The van der Waals surface area contributed by atoms with Gasteiger partial charge in [-0.05, 0) is 18.2 Å². The van der Waals surface area contributed by atoms with Crippen LogP contribution in [0.2, 0.25) is 0 Å². The molecule has 0 atom stereocenters. The van der Waals surface area contributed by atoms with Gasteiger partial charge in [-0.25, -0.2) is 4.79 Å². The number of carbonyl (C=O) groups excluding carboxylic acids is 2. The number of β-amino-alcohol motifs (C(OH)–C–C–N with tert-alkyl or cyclic N) is 1. The molecule has 23 heavy (non-hydrogen) atoms. The second-order valence-corrected chi connectivity index (χ2v) is 5.64. The van der Waals surface area contributed by atoms with Crippen LogP contribution >= 0.6 is 15.9 Å². The summed E-state index contributed by atoms with van der Waals surface area (Å²) in [6.07, 6.45) is 0. The van der Waals surface area contributed by atoms with Crippen molar-refractivity contribution in [1.29, 1.82) is 5.26 Å². The Morgan fingerprint density at radius 2 is 2.30 bits per heavy atom. The van der Waals surface area contributed by atoms with Crippen LogP contribution in [0.3, 0.4) is 0 Å². The number of nitrogens with zero attached hydrogens (tertiary/aromatic N) is 2. The van der Waals surface area contributed by atoms with Crippen LogP contribution in [-0.2, 0) is 14.3 Å². The quantitative estimate of drug-likeness (QED) is 0.739. The molecule has 7 nitrogen and oxygen atoms in total. The largest absolute Gasteiger partial charge is 0.466 e. The molecular formula is C15H14BrN3O4. The van der Waals surface area contributed by atoms with E-state index in [4.69, 9.17) is 15.1 Å². The van der Waals surface area contributed by atoms with Crippen LogP contribution in [0.5, 0.6) is 0 Å². The normalized spacial score (nSPS) is 14.0. The van der Waals surface area contributed by atoms with Gasteiger partial charge in [0.15, 0.2) is 0 Å². The molecule has 0 saturated carbocycles. The van der Waals surface area contributed by atoms with Gasteiger partial charge in [0.2, 0.25) is 0 Å². The van der Waals surface area contributed by atoms with Crippen molar-refractivity contribution in [3.8, 4) is 6.07 Å². The Morgan fingerprint density at radius 1 is 1.57 bits per heavy atom. The molecule has 1 aliphatic rings. The number of anilines is 1. The highest BCUT2D eigenvalue weighted by molar-refractivity contribution is 9.10. The molecule has 1 aliphatic heterocycles. The van der Waals surface area contributed by atoms with Gasteiger partial charge in [-0.2, -0.15) is 5.26 Å². The Morgan fingerprint density at radius 3 is 2.91 bits per heavy atom. The van der Waals surface area contributed by atoms with Crippen LogP contribution in [-0.4, -0.2) is 48.7 Å². The fraction of sp³-hybridized carbons (Fsp3) is 0.267. The third kappa shape index (κ3) is 3.52. The Kier molecular flexibility index (Phi) is 5.36. The van der Waals surface area contributed by atoms with Crippen LogP contribution < -0.4 is 5.32 Å². The van der Waals surface area contributed by atoms with E-state index in [1.54, 1.807) is 18.2 Å². The summed E-state index contributed by atoms with van der Waals surface area (Å²) in [7, 11) is 1.23. The maximum atomic E-state index is 12.4. The summed E-state index contributed by atoms with van der Waals surface area (Å²) in [4.78, 5) is 25.6. The lowest BCUT2D eigenvalue weighted by molar-refractivity contribution is -0.136. The van der Waals surface area contributed by atoms with E-state index >= 15 is 0 Å². The van der Waals surface area contributed by atoms with E-state index in [-0.39, 0.29) is 31.0 Å². The van der Waals surface area contributed by atoms with Crippen LogP contribution in [0.15, 0.2) is 33.9 Å². The van der Waals surface area contributed by atoms with E-state index in [0.717, 1.165) is 4.47 Å². The minimum atomic E-state index is -0.630. The van der Waals surface area contributed by atoms with Gasteiger partial charge < -0.3 is 20.1 Å². The molecular weight excluding hydrogens is 366 g/mol. The van der Waals surface area contributed by atoms with Crippen molar-refractivity contribution < 1.29 is 19.4 Å². The Hall–Kier alpha value is -2.37. The zero-order valence-corrected chi connectivity index (χ0v) is 13.9. The number of aliphatic hydroxyl groups is 1. The number of methoxy groups -OCH3 is 1. The Labute approximate surface area is 141 Å². The number of aliphatic hydroxyl groups excluding tert-OH is 1. The molecule has 0 aliphatic carbocycles. The van der Waals surface area contributed by atoms with E-state index < -0.39 is 11.9 Å². The standard InChI is InChI=1S/C15H14BrN3O4/c1-23-15(22)11-8-19(4-5-20)14(21)13(11)18-12-6-10(16)3-2-9(12)7-17/h2-3,6,18,20H,4-5,8H2,1H3. The van der Waals surface area contributed by atoms with Gasteiger partial charge in [0.05, 0.1) is 37.1 Å². The number of benzene rings is 1. The lowest BCUT2D eigenvalue weighted by Gasteiger charge is -2.15. The predicted molar refractivity (Wildman–Crippen MR) is 85.2 cm³/mol. The van der Waals surface area contributed by atoms with Crippen LogP contribution in [0.25, 0.3) is 0 Å². The SMILES string of the molecule is COC(=O)C1=C(Nc2cc(Br)ccc2C#N)C(=O)N(CCO)C1. The molecule has 120 valence electrons. The monoisotopic (exact) mass is 379 g/mol. The third-order valence-electron chi connectivity index (χ3n) is 3.32. The van der Waals surface area contributed by atoms with Crippen molar-refractivity contribution in [3.63, 3.8) is 0 Å². The first kappa shape index (κ1) is 17.0. The molecule has 0 spiro atoms. The molecule has 1 amide bonds. The van der Waals surface area contributed by atoms with E-state index in [9.17, 15) is 9.59 Å². The van der Waals surface area contributed by atoms with Crippen molar-refractivity contribution >= 4 is 33.5 Å². The number of hydrogen-bond donors (Lipinski definition) is 2. The molecule has 0 bridgehead atoms. The van der Waals surface area contributed by atoms with Gasteiger partial charge in [0.1, 0.15) is 11.8 Å². The highest BCUT2D eigenvalue weighted by atomic mass is 79.9. The van der Waals surface area contributed by atoms with E-state index in [1.165, 1.54) is 12.0 Å². The zero-order valence-electron chi connectivity index (χ0n) is 12.3. The highest BCUT2D eigenvalue weighted by Crippen LogP contribution is 2.26. The van der Waals surface area contributed by atoms with Crippen molar-refractivity contribution in [2.75, 3.05) is 32.1 Å². The van der Waals surface area contributed by atoms with Gasteiger partial charge in [-0.1, -0.05) is 15.9 Å². The summed E-state index contributed by atoms with van der Waals surface area (Å²) in [6.45, 7) is -0.0633. The second kappa shape index (κ2) is 7.26. The number of nitrogens with one attached hydrogen (secondary N) is 1. The predicted octanol–water partition coefficient (Wildman–Crippen LogP) is 0.994. The van der Waals surface area contributed by atoms with Gasteiger partial charge >= 0.3 is 5.97 Å². The summed E-state index contributed by atoms with van der Waals surface area (Å²) in [5.41, 5.74) is 0.950. The molecule has 8 heteroatoms. The van der Waals surface area contributed by atoms with Gasteiger partial charge in [-0.3, -0.25) is 4.79 Å². The molecule has 1 heterocycles. The molecule has 2 rings (SSSR count). The number of carbonyl (C=O) groups is 2. The number of nitriles is 1. The Balaban J connectivity index is 2.41. The number of halogens is 1. The van der Waals surface area contributed by atoms with Crippen LogP contribution in [0.4, 0.5) is 5.69 Å². The topological polar surface area (TPSA) is 103 Å². The van der Waals surface area contributed by atoms with Gasteiger partial charge in [0, 0.05) is 11.0 Å². The van der Waals surface area contributed by atoms with E-state index in [0.29, 0.717) is 11.3 Å². The van der Waals surface area contributed by atoms with Crippen LogP contribution in [0, 0.1) is 11.3 Å². The minimum absolute atomic E-state index is 0.0459. The van der Waals surface area contributed by atoms with Crippen LogP contribution in [0.1, 0.15) is 5.56 Å². The summed E-state index contributed by atoms with van der Waals surface area (Å²) >= 11 is 3.30. The molecule has 1 aromatic carbocycles. The third-order valence-corrected chi connectivity index (χ3v) is 3.81. The summed E-state index contributed by atoms with van der Waals surface area (Å²) in [5, 5.41) is 21.0. The molecule has 0 saturated heterocycles. The average Bonchev–Trinajstić information content (AvgIpc) is 2.84. The Bertz CT molecular complexity index is 724. The lowest BCUT2D eigenvalue weighted by Crippen LogP contribution is -2.31. The molecule has 0 fully saturated rings. The van der Waals surface area contributed by atoms with E-state index in [1.807, 2.05) is 6.07 Å². The number of amides is 1. The van der Waals surface area contributed by atoms with E-state index in [2.05, 4.69) is 21.2 Å². The fourth-order valence-corrected chi connectivity index (χ4v) is 2.56. The van der Waals surface area contributed by atoms with Crippen molar-refractivity contribution in [2.45, 2.75) is 0 Å². The maximum Gasteiger partial charge on any atom is 0.337 e.